The molecule has 1 aliphatic carbocycles. The minimum absolute atomic E-state index is 0.0244. The maximum atomic E-state index is 14.3. The van der Waals surface area contributed by atoms with Crippen molar-refractivity contribution in [2.75, 3.05) is 12.8 Å². The topological polar surface area (TPSA) is 77.5 Å². The van der Waals surface area contributed by atoms with Gasteiger partial charge in [0.25, 0.3) is 0 Å². The molecule has 0 amide bonds. The zero-order valence-electron chi connectivity index (χ0n) is 15.2. The quantitative estimate of drug-likeness (QED) is 0.861. The Balaban J connectivity index is 2.27. The van der Waals surface area contributed by atoms with Crippen LogP contribution < -0.4 is 15.9 Å². The van der Waals surface area contributed by atoms with Crippen molar-refractivity contribution in [3.05, 3.63) is 69.5 Å². The van der Waals surface area contributed by atoms with E-state index in [1.54, 1.807) is 6.08 Å². The van der Waals surface area contributed by atoms with Gasteiger partial charge in [-0.2, -0.15) is 0 Å². The molecule has 0 saturated carbocycles. The monoisotopic (exact) mass is 374 g/mol. The minimum atomic E-state index is -0.788. The van der Waals surface area contributed by atoms with Gasteiger partial charge >= 0.3 is 0 Å². The molecule has 1 unspecified atom stereocenters. The van der Waals surface area contributed by atoms with Crippen LogP contribution in [-0.2, 0) is 5.41 Å². The number of nitrogens with zero attached hydrogens (tertiary/aromatic N) is 1. The molecule has 3 rings (SSSR count). The van der Waals surface area contributed by atoms with Crippen LogP contribution in [0.3, 0.4) is 0 Å². The first kappa shape index (κ1) is 18.7. The summed E-state index contributed by atoms with van der Waals surface area (Å²) in [4.78, 5) is 11.6. The van der Waals surface area contributed by atoms with Gasteiger partial charge in [0, 0.05) is 28.8 Å². The van der Waals surface area contributed by atoms with Crippen molar-refractivity contribution in [3.63, 3.8) is 0 Å². The van der Waals surface area contributed by atoms with Crippen LogP contribution in [0.15, 0.2) is 46.9 Å². The van der Waals surface area contributed by atoms with Gasteiger partial charge in [-0.05, 0) is 31.1 Å². The molecule has 1 atom stereocenters. The number of nitrogen functional groups attached to an aromatic ring is 1. The highest BCUT2D eigenvalue weighted by molar-refractivity contribution is 5.70. The smallest absolute Gasteiger partial charge is 0.225 e. The second kappa shape index (κ2) is 6.57. The number of halogens is 2. The van der Waals surface area contributed by atoms with Crippen molar-refractivity contribution in [3.8, 4) is 11.5 Å². The Kier molecular flexibility index (Phi) is 4.55. The molecule has 142 valence electrons. The predicted molar refractivity (Wildman–Crippen MR) is 99.7 cm³/mol. The van der Waals surface area contributed by atoms with E-state index in [-0.39, 0.29) is 11.6 Å². The zero-order valence-corrected chi connectivity index (χ0v) is 15.2. The van der Waals surface area contributed by atoms with E-state index >= 15 is 0 Å². The Morgan fingerprint density at radius 3 is 2.67 bits per heavy atom. The molecule has 1 heterocycles. The summed E-state index contributed by atoms with van der Waals surface area (Å²) < 4.78 is 34.9. The maximum Gasteiger partial charge on any atom is 0.225 e. The molecule has 2 aromatic rings. The Bertz CT molecular complexity index is 1040. The zero-order chi connectivity index (χ0) is 19.9. The molecule has 1 aliphatic rings. The van der Waals surface area contributed by atoms with Crippen molar-refractivity contribution >= 4 is 11.5 Å². The number of methoxy groups -OCH3 is 1. The number of ether oxygens (including phenoxy) is 1. The van der Waals surface area contributed by atoms with Crippen LogP contribution in [0, 0.1) is 11.6 Å². The lowest BCUT2D eigenvalue weighted by atomic mass is 9.70. The van der Waals surface area contributed by atoms with E-state index in [0.717, 1.165) is 17.7 Å². The molecule has 3 N–H and O–H groups in total. The third-order valence-electron chi connectivity index (χ3n) is 5.14. The van der Waals surface area contributed by atoms with Crippen molar-refractivity contribution in [2.24, 2.45) is 0 Å². The van der Waals surface area contributed by atoms with Crippen LogP contribution in [0.4, 0.5) is 14.6 Å². The number of hydrogen-bond donors (Lipinski definition) is 2. The van der Waals surface area contributed by atoms with Gasteiger partial charge in [-0.25, -0.2) is 8.78 Å². The van der Waals surface area contributed by atoms with E-state index in [1.807, 2.05) is 19.9 Å². The number of pyridine rings is 1. The Morgan fingerprint density at radius 2 is 2.00 bits per heavy atom. The molecule has 5 nitrogen and oxygen atoms in total. The normalized spacial score (nSPS) is 19.4. The second-order valence-corrected chi connectivity index (χ2v) is 6.74. The van der Waals surface area contributed by atoms with Crippen molar-refractivity contribution in [1.29, 1.82) is 0 Å². The van der Waals surface area contributed by atoms with Crippen LogP contribution in [0.1, 0.15) is 25.8 Å². The number of hydrogen-bond acceptors (Lipinski definition) is 4. The minimum Gasteiger partial charge on any atom is -0.503 e. The standard InChI is InChI=1S/C20H20F2N2O3/c1-11-15(24-10-17(26)16(25)9-18(24)23)5-4-6-20(11,2)13-7-12(21)8-14(22)19(13)27-3/h4-5,7-10,26H,6,23H2,1-3H3. The van der Waals surface area contributed by atoms with E-state index < -0.39 is 28.2 Å². The molecular formula is C20H20F2N2O3. The van der Waals surface area contributed by atoms with E-state index in [9.17, 15) is 18.7 Å². The molecule has 27 heavy (non-hydrogen) atoms. The summed E-state index contributed by atoms with van der Waals surface area (Å²) >= 11 is 0. The van der Waals surface area contributed by atoms with Gasteiger partial charge in [0.1, 0.15) is 11.6 Å². The summed E-state index contributed by atoms with van der Waals surface area (Å²) in [6, 6.07) is 3.16. The van der Waals surface area contributed by atoms with Crippen LogP contribution >= 0.6 is 0 Å². The first-order valence-corrected chi connectivity index (χ1v) is 8.32. The first-order valence-electron chi connectivity index (χ1n) is 8.32. The van der Waals surface area contributed by atoms with Crippen molar-refractivity contribution < 1.29 is 18.6 Å². The third kappa shape index (κ3) is 2.99. The van der Waals surface area contributed by atoms with Gasteiger partial charge in [0.2, 0.25) is 5.43 Å². The lowest BCUT2D eigenvalue weighted by molar-refractivity contribution is 0.366. The van der Waals surface area contributed by atoms with Crippen molar-refractivity contribution in [1.82, 2.24) is 4.57 Å². The fraction of sp³-hybridized carbons (Fsp3) is 0.250. The van der Waals surface area contributed by atoms with Gasteiger partial charge < -0.3 is 15.6 Å². The highest BCUT2D eigenvalue weighted by atomic mass is 19.1. The molecule has 0 aliphatic heterocycles. The summed E-state index contributed by atoms with van der Waals surface area (Å²) in [6.07, 6.45) is 5.35. The molecular weight excluding hydrogens is 354 g/mol. The van der Waals surface area contributed by atoms with Crippen LogP contribution in [0.25, 0.3) is 5.70 Å². The Hall–Kier alpha value is -3.09. The molecule has 1 aromatic heterocycles. The average molecular weight is 374 g/mol. The number of rotatable bonds is 3. The van der Waals surface area contributed by atoms with Gasteiger partial charge in [-0.3, -0.25) is 9.36 Å². The van der Waals surface area contributed by atoms with E-state index in [4.69, 9.17) is 10.5 Å². The number of benzene rings is 1. The summed E-state index contributed by atoms with van der Waals surface area (Å²) in [5, 5.41) is 9.79. The van der Waals surface area contributed by atoms with Gasteiger partial charge in [-0.1, -0.05) is 13.0 Å². The molecule has 0 spiro atoms. The predicted octanol–water partition coefficient (Wildman–Crippen LogP) is 3.57. The summed E-state index contributed by atoms with van der Waals surface area (Å²) in [5.74, 6) is -1.81. The number of aromatic nitrogens is 1. The van der Waals surface area contributed by atoms with Crippen LogP contribution in [-0.4, -0.2) is 16.8 Å². The fourth-order valence-corrected chi connectivity index (χ4v) is 3.46. The van der Waals surface area contributed by atoms with Gasteiger partial charge in [0.05, 0.1) is 13.3 Å². The number of nitrogens with two attached hydrogens (primary N) is 1. The van der Waals surface area contributed by atoms with E-state index in [0.29, 0.717) is 17.7 Å². The second-order valence-electron chi connectivity index (χ2n) is 6.74. The van der Waals surface area contributed by atoms with E-state index in [1.165, 1.54) is 23.9 Å². The Morgan fingerprint density at radius 1 is 1.30 bits per heavy atom. The van der Waals surface area contributed by atoms with Crippen LogP contribution in [0.5, 0.6) is 11.5 Å². The molecule has 7 heteroatoms. The SMILES string of the molecule is COc1c(F)cc(F)cc1C1(C)CC=CC(n2cc(O)c(=O)cc2N)=C1C. The molecule has 0 saturated heterocycles. The Labute approximate surface area is 155 Å². The molecule has 0 radical (unpaired) electrons. The maximum absolute atomic E-state index is 14.3. The summed E-state index contributed by atoms with van der Waals surface area (Å²) in [5.41, 5.74) is 6.30. The summed E-state index contributed by atoms with van der Waals surface area (Å²) in [6.45, 7) is 3.66. The average Bonchev–Trinajstić information content (AvgIpc) is 2.60. The third-order valence-corrected chi connectivity index (χ3v) is 5.14. The van der Waals surface area contributed by atoms with Gasteiger partial charge in [0.15, 0.2) is 17.3 Å². The lowest BCUT2D eigenvalue weighted by Crippen LogP contribution is -2.28. The molecule has 0 fully saturated rings. The van der Waals surface area contributed by atoms with Crippen molar-refractivity contribution in [2.45, 2.75) is 25.7 Å². The lowest BCUT2D eigenvalue weighted by Gasteiger charge is -2.36. The number of allylic oxidation sites excluding steroid dienone is 4. The summed E-state index contributed by atoms with van der Waals surface area (Å²) in [7, 11) is 1.33. The number of anilines is 1. The highest BCUT2D eigenvalue weighted by Gasteiger charge is 2.36. The highest BCUT2D eigenvalue weighted by Crippen LogP contribution is 2.46. The molecule has 0 bridgehead atoms. The van der Waals surface area contributed by atoms with Gasteiger partial charge in [-0.15, -0.1) is 0 Å². The fourth-order valence-electron chi connectivity index (χ4n) is 3.46. The van der Waals surface area contributed by atoms with Crippen LogP contribution in [0.2, 0.25) is 0 Å². The molecule has 1 aromatic carbocycles. The number of aromatic hydroxyl groups is 1. The van der Waals surface area contributed by atoms with E-state index in [2.05, 4.69) is 0 Å². The largest absolute Gasteiger partial charge is 0.503 e. The first-order chi connectivity index (χ1) is 12.7.